The van der Waals surface area contributed by atoms with Crippen LogP contribution in [0, 0.1) is 0 Å². The van der Waals surface area contributed by atoms with E-state index in [9.17, 15) is 8.42 Å². The van der Waals surface area contributed by atoms with Crippen LogP contribution in [0.1, 0.15) is 6.42 Å². The Morgan fingerprint density at radius 3 is 2.88 bits per heavy atom. The highest BCUT2D eigenvalue weighted by Crippen LogP contribution is 2.19. The van der Waals surface area contributed by atoms with Crippen LogP contribution in [0.5, 0.6) is 0 Å². The molecule has 0 atom stereocenters. The topological polar surface area (TPSA) is 77.7 Å². The van der Waals surface area contributed by atoms with E-state index in [2.05, 4.69) is 15.1 Å². The molecule has 0 amide bonds. The number of alkyl halides is 1. The molecule has 0 saturated carbocycles. The van der Waals surface area contributed by atoms with Gasteiger partial charge in [0.25, 0.3) is 0 Å². The third-order valence-electron chi connectivity index (χ3n) is 2.33. The second-order valence-corrected chi connectivity index (χ2v) is 5.95. The molecule has 0 radical (unpaired) electrons. The van der Waals surface area contributed by atoms with Gasteiger partial charge in [-0.2, -0.15) is 5.10 Å². The highest BCUT2D eigenvalue weighted by Gasteiger charge is 2.20. The van der Waals surface area contributed by atoms with E-state index >= 15 is 0 Å². The number of aromatic nitrogens is 4. The maximum absolute atomic E-state index is 12.0. The van der Waals surface area contributed by atoms with Gasteiger partial charge < -0.3 is 0 Å². The Kier molecular flexibility index (Phi) is 3.30. The van der Waals surface area contributed by atoms with Crippen LogP contribution in [0.3, 0.4) is 0 Å². The van der Waals surface area contributed by atoms with Crippen molar-refractivity contribution in [3.8, 4) is 0 Å². The molecule has 0 aliphatic rings. The van der Waals surface area contributed by atoms with Crippen LogP contribution >= 0.6 is 11.6 Å². The minimum Gasteiger partial charge on any atom is -0.250 e. The number of hydrogen-bond donors (Lipinski definition) is 0. The maximum Gasteiger partial charge on any atom is 0.196 e. The fraction of sp³-hybridized carbons (Fsp3) is 0.444. The van der Waals surface area contributed by atoms with Crippen molar-refractivity contribution in [2.24, 2.45) is 7.05 Å². The van der Waals surface area contributed by atoms with Crippen molar-refractivity contribution in [1.29, 1.82) is 0 Å². The number of hydrogen-bond acceptors (Lipinski definition) is 5. The molecule has 0 N–H and O–H groups in total. The first kappa shape index (κ1) is 12.3. The molecule has 0 aliphatic heterocycles. The summed E-state index contributed by atoms with van der Waals surface area (Å²) in [5.74, 6) is 0.290. The standard InChI is InChI=1S/C9H11ClN4O2S/c1-14-8-7(5-13-14)9(12-6-11-8)17(15,16)4-2-3-10/h5-6H,2-4H2,1H3. The largest absolute Gasteiger partial charge is 0.250 e. The van der Waals surface area contributed by atoms with Gasteiger partial charge in [0.05, 0.1) is 17.3 Å². The van der Waals surface area contributed by atoms with Gasteiger partial charge in [0.15, 0.2) is 20.5 Å². The van der Waals surface area contributed by atoms with Gasteiger partial charge in [-0.1, -0.05) is 0 Å². The van der Waals surface area contributed by atoms with Crippen LogP contribution in [-0.4, -0.2) is 39.8 Å². The van der Waals surface area contributed by atoms with Gasteiger partial charge in [-0.15, -0.1) is 11.6 Å². The summed E-state index contributed by atoms with van der Waals surface area (Å²) < 4.78 is 25.6. The van der Waals surface area contributed by atoms with E-state index in [1.165, 1.54) is 17.2 Å². The fourth-order valence-corrected chi connectivity index (χ4v) is 3.23. The molecule has 17 heavy (non-hydrogen) atoms. The molecule has 2 aromatic heterocycles. The first-order chi connectivity index (χ1) is 8.06. The SMILES string of the molecule is Cn1ncc2c(S(=O)(=O)CCCCl)ncnc21. The van der Waals surface area contributed by atoms with Crippen LogP contribution in [0.4, 0.5) is 0 Å². The highest BCUT2D eigenvalue weighted by molar-refractivity contribution is 7.91. The lowest BCUT2D eigenvalue weighted by Gasteiger charge is -2.03. The maximum atomic E-state index is 12.0. The van der Waals surface area contributed by atoms with Crippen LogP contribution in [0.25, 0.3) is 11.0 Å². The molecule has 0 unspecified atom stereocenters. The Hall–Kier alpha value is -1.21. The Morgan fingerprint density at radius 1 is 1.41 bits per heavy atom. The van der Waals surface area contributed by atoms with Gasteiger partial charge >= 0.3 is 0 Å². The van der Waals surface area contributed by atoms with Crippen molar-refractivity contribution in [1.82, 2.24) is 19.7 Å². The lowest BCUT2D eigenvalue weighted by atomic mass is 10.4. The van der Waals surface area contributed by atoms with Gasteiger partial charge in [-0.3, -0.25) is 4.68 Å². The third-order valence-corrected chi connectivity index (χ3v) is 4.34. The molecule has 2 aromatic rings. The van der Waals surface area contributed by atoms with E-state index in [4.69, 9.17) is 11.6 Å². The molecule has 2 heterocycles. The van der Waals surface area contributed by atoms with Crippen LogP contribution in [-0.2, 0) is 16.9 Å². The summed E-state index contributed by atoms with van der Waals surface area (Å²) in [5, 5.41) is 4.45. The quantitative estimate of drug-likeness (QED) is 0.608. The molecule has 2 rings (SSSR count). The Bertz CT molecular complexity index is 637. The minimum absolute atomic E-state index is 0.0164. The summed E-state index contributed by atoms with van der Waals surface area (Å²) in [4.78, 5) is 7.84. The van der Waals surface area contributed by atoms with E-state index in [0.29, 0.717) is 23.3 Å². The monoisotopic (exact) mass is 274 g/mol. The summed E-state index contributed by atoms with van der Waals surface area (Å²) >= 11 is 5.50. The second kappa shape index (κ2) is 4.58. The average molecular weight is 275 g/mol. The predicted octanol–water partition coefficient (Wildman–Crippen LogP) is 0.766. The van der Waals surface area contributed by atoms with Gasteiger partial charge in [0.2, 0.25) is 0 Å². The van der Waals surface area contributed by atoms with Gasteiger partial charge in [-0.05, 0) is 6.42 Å². The molecular weight excluding hydrogens is 264 g/mol. The molecule has 0 aliphatic carbocycles. The van der Waals surface area contributed by atoms with Crippen molar-refractivity contribution in [2.45, 2.75) is 11.4 Å². The van der Waals surface area contributed by atoms with E-state index in [0.717, 1.165) is 0 Å². The predicted molar refractivity (Wildman–Crippen MR) is 63.7 cm³/mol. The zero-order chi connectivity index (χ0) is 12.5. The van der Waals surface area contributed by atoms with Crippen LogP contribution in [0.15, 0.2) is 17.6 Å². The molecule has 0 aromatic carbocycles. The van der Waals surface area contributed by atoms with E-state index in [1.807, 2.05) is 0 Å². The van der Waals surface area contributed by atoms with Crippen molar-refractivity contribution >= 4 is 32.5 Å². The van der Waals surface area contributed by atoms with E-state index in [-0.39, 0.29) is 10.8 Å². The Morgan fingerprint density at radius 2 is 2.18 bits per heavy atom. The molecule has 0 bridgehead atoms. The van der Waals surface area contributed by atoms with Crippen LogP contribution < -0.4 is 0 Å². The smallest absolute Gasteiger partial charge is 0.196 e. The lowest BCUT2D eigenvalue weighted by molar-refractivity contribution is 0.592. The molecule has 8 heteroatoms. The lowest BCUT2D eigenvalue weighted by Crippen LogP contribution is -2.10. The van der Waals surface area contributed by atoms with Gasteiger partial charge in [0.1, 0.15) is 6.33 Å². The number of sulfone groups is 1. The molecule has 0 saturated heterocycles. The summed E-state index contributed by atoms with van der Waals surface area (Å²) in [5.41, 5.74) is 0.504. The molecular formula is C9H11ClN4O2S. The average Bonchev–Trinajstić information content (AvgIpc) is 2.69. The van der Waals surface area contributed by atoms with Crippen molar-refractivity contribution < 1.29 is 8.42 Å². The molecule has 0 spiro atoms. The van der Waals surface area contributed by atoms with Crippen molar-refractivity contribution in [3.63, 3.8) is 0 Å². The van der Waals surface area contributed by atoms with E-state index in [1.54, 1.807) is 7.05 Å². The first-order valence-electron chi connectivity index (χ1n) is 4.97. The Balaban J connectivity index is 2.56. The minimum atomic E-state index is -3.42. The second-order valence-electron chi connectivity index (χ2n) is 3.55. The third kappa shape index (κ3) is 2.25. The van der Waals surface area contributed by atoms with Crippen molar-refractivity contribution in [2.75, 3.05) is 11.6 Å². The normalized spacial score (nSPS) is 12.1. The summed E-state index contributed by atoms with van der Waals surface area (Å²) in [6, 6.07) is 0. The first-order valence-corrected chi connectivity index (χ1v) is 7.16. The summed E-state index contributed by atoms with van der Waals surface area (Å²) in [7, 11) is -1.73. The zero-order valence-corrected chi connectivity index (χ0v) is 10.7. The summed E-state index contributed by atoms with van der Waals surface area (Å²) in [6.45, 7) is 0. The summed E-state index contributed by atoms with van der Waals surface area (Å²) in [6.07, 6.45) is 3.09. The molecule has 92 valence electrons. The van der Waals surface area contributed by atoms with Gasteiger partial charge in [-0.25, -0.2) is 18.4 Å². The van der Waals surface area contributed by atoms with E-state index < -0.39 is 9.84 Å². The number of halogens is 1. The fourth-order valence-electron chi connectivity index (χ4n) is 1.53. The number of nitrogens with zero attached hydrogens (tertiary/aromatic N) is 4. The van der Waals surface area contributed by atoms with Gasteiger partial charge in [0, 0.05) is 12.9 Å². The zero-order valence-electron chi connectivity index (χ0n) is 9.17. The Labute approximate surface area is 104 Å². The number of fused-ring (bicyclic) bond motifs is 1. The van der Waals surface area contributed by atoms with Crippen molar-refractivity contribution in [3.05, 3.63) is 12.5 Å². The number of rotatable bonds is 4. The number of aryl methyl sites for hydroxylation is 1. The molecule has 0 fully saturated rings. The van der Waals surface area contributed by atoms with Crippen LogP contribution in [0.2, 0.25) is 0 Å². The highest BCUT2D eigenvalue weighted by atomic mass is 35.5. The molecule has 6 nitrogen and oxygen atoms in total.